The Hall–Kier alpha value is -1.38. The zero-order valence-corrected chi connectivity index (χ0v) is 18.6. The molecule has 29 heavy (non-hydrogen) atoms. The van der Waals surface area contributed by atoms with Crippen LogP contribution < -0.4 is 4.74 Å². The van der Waals surface area contributed by atoms with Crippen molar-refractivity contribution in [2.45, 2.75) is 56.8 Å². The fourth-order valence-electron chi connectivity index (χ4n) is 4.15. The number of benzene rings is 1. The van der Waals surface area contributed by atoms with E-state index in [0.717, 1.165) is 35.0 Å². The van der Waals surface area contributed by atoms with Crippen molar-refractivity contribution in [3.8, 4) is 5.75 Å². The first kappa shape index (κ1) is 22.3. The van der Waals surface area contributed by atoms with Crippen LogP contribution in [0.3, 0.4) is 0 Å². The summed E-state index contributed by atoms with van der Waals surface area (Å²) in [6.45, 7) is 0.229. The normalized spacial score (nSPS) is 27.1. The highest BCUT2D eigenvalue weighted by Gasteiger charge is 2.46. The van der Waals surface area contributed by atoms with E-state index in [4.69, 9.17) is 14.6 Å². The van der Waals surface area contributed by atoms with Crippen molar-refractivity contribution in [1.29, 1.82) is 0 Å². The lowest BCUT2D eigenvalue weighted by Crippen LogP contribution is -2.26. The Balaban J connectivity index is 1.46. The van der Waals surface area contributed by atoms with Crippen LogP contribution in [-0.2, 0) is 9.53 Å². The molecule has 3 rings (SSSR count). The van der Waals surface area contributed by atoms with Gasteiger partial charge in [-0.1, -0.05) is 24.3 Å². The molecule has 5 unspecified atom stereocenters. The molecule has 2 saturated heterocycles. The van der Waals surface area contributed by atoms with Gasteiger partial charge in [0.15, 0.2) is 0 Å². The van der Waals surface area contributed by atoms with E-state index in [2.05, 4.69) is 40.8 Å². The van der Waals surface area contributed by atoms with E-state index < -0.39 is 12.1 Å². The van der Waals surface area contributed by atoms with Crippen molar-refractivity contribution in [3.05, 3.63) is 52.1 Å². The van der Waals surface area contributed by atoms with E-state index in [0.29, 0.717) is 24.4 Å². The van der Waals surface area contributed by atoms with E-state index in [9.17, 15) is 9.90 Å². The standard InChI is InChI=1S/C23H29IO5/c24-16-7-10-18(11-8-16)28-15-17(25)9-12-20-19(21-13-14-22(20)29-21)5-3-1-2-4-6-23(26)27/h1,3,7-12,17,19-22,25H,2,4-6,13-15H2,(H,26,27)/b3-1-,12-9+. The SMILES string of the molecule is O=C(O)CCC/C=C\CC1C2CCC(O2)C1/C=C/C(O)COc1ccc(I)cc1. The van der Waals surface area contributed by atoms with E-state index in [1.807, 2.05) is 30.3 Å². The van der Waals surface area contributed by atoms with Crippen LogP contribution in [0.25, 0.3) is 0 Å². The molecule has 2 aliphatic rings. The van der Waals surface area contributed by atoms with Crippen LogP contribution in [0.4, 0.5) is 0 Å². The van der Waals surface area contributed by atoms with E-state index in [-0.39, 0.29) is 19.1 Å². The maximum atomic E-state index is 10.6. The first-order valence-corrected chi connectivity index (χ1v) is 11.4. The predicted octanol–water partition coefficient (Wildman–Crippen LogP) is 4.58. The lowest BCUT2D eigenvalue weighted by Gasteiger charge is -2.25. The highest BCUT2D eigenvalue weighted by atomic mass is 127. The number of hydrogen-bond donors (Lipinski definition) is 2. The van der Waals surface area contributed by atoms with Gasteiger partial charge in [0.2, 0.25) is 0 Å². The summed E-state index contributed by atoms with van der Waals surface area (Å²) < 4.78 is 12.9. The Labute approximate surface area is 185 Å². The van der Waals surface area contributed by atoms with Gasteiger partial charge in [-0.2, -0.15) is 0 Å². The molecule has 0 amide bonds. The molecule has 2 N–H and O–H groups in total. The molecule has 2 bridgehead atoms. The van der Waals surface area contributed by atoms with E-state index in [1.165, 1.54) is 0 Å². The lowest BCUT2D eigenvalue weighted by molar-refractivity contribution is -0.137. The molecule has 0 saturated carbocycles. The number of ether oxygens (including phenoxy) is 2. The summed E-state index contributed by atoms with van der Waals surface area (Å²) in [6.07, 6.45) is 12.9. The molecule has 2 aliphatic heterocycles. The fraction of sp³-hybridized carbons (Fsp3) is 0.522. The monoisotopic (exact) mass is 512 g/mol. The largest absolute Gasteiger partial charge is 0.491 e. The van der Waals surface area contributed by atoms with Gasteiger partial charge in [-0.3, -0.25) is 4.79 Å². The van der Waals surface area contributed by atoms with Gasteiger partial charge in [0.25, 0.3) is 0 Å². The minimum atomic E-state index is -0.741. The zero-order chi connectivity index (χ0) is 20.6. The van der Waals surface area contributed by atoms with Gasteiger partial charge in [0, 0.05) is 15.9 Å². The van der Waals surface area contributed by atoms with Crippen molar-refractivity contribution in [3.63, 3.8) is 0 Å². The molecule has 1 aromatic carbocycles. The fourth-order valence-corrected chi connectivity index (χ4v) is 4.51. The van der Waals surface area contributed by atoms with Gasteiger partial charge in [0.1, 0.15) is 18.5 Å². The third-order valence-electron chi connectivity index (χ3n) is 5.61. The van der Waals surface area contributed by atoms with Crippen LogP contribution in [-0.4, -0.2) is 41.1 Å². The van der Waals surface area contributed by atoms with Gasteiger partial charge in [-0.25, -0.2) is 0 Å². The number of halogens is 1. The average molecular weight is 512 g/mol. The Morgan fingerprint density at radius 3 is 2.76 bits per heavy atom. The van der Waals surface area contributed by atoms with E-state index >= 15 is 0 Å². The van der Waals surface area contributed by atoms with Gasteiger partial charge < -0.3 is 19.7 Å². The topological polar surface area (TPSA) is 76.0 Å². The molecule has 158 valence electrons. The molecule has 5 nitrogen and oxygen atoms in total. The number of aliphatic carboxylic acids is 1. The third-order valence-corrected chi connectivity index (χ3v) is 6.33. The molecule has 0 radical (unpaired) electrons. The van der Waals surface area contributed by atoms with Gasteiger partial charge >= 0.3 is 5.97 Å². The number of fused-ring (bicyclic) bond motifs is 2. The van der Waals surface area contributed by atoms with Crippen molar-refractivity contribution < 1.29 is 24.5 Å². The maximum absolute atomic E-state index is 10.6. The number of aliphatic hydroxyl groups is 1. The van der Waals surface area contributed by atoms with E-state index in [1.54, 1.807) is 0 Å². The smallest absolute Gasteiger partial charge is 0.303 e. The summed E-state index contributed by atoms with van der Waals surface area (Å²) in [5.74, 6) is 0.747. The summed E-state index contributed by atoms with van der Waals surface area (Å²) in [5, 5.41) is 19.0. The number of unbranched alkanes of at least 4 members (excludes halogenated alkanes) is 1. The Morgan fingerprint density at radius 2 is 2.00 bits per heavy atom. The first-order chi connectivity index (χ1) is 14.0. The second-order valence-corrected chi connectivity index (χ2v) is 8.99. The highest BCUT2D eigenvalue weighted by Crippen LogP contribution is 2.45. The van der Waals surface area contributed by atoms with Gasteiger partial charge in [0.05, 0.1) is 12.2 Å². The number of allylic oxidation sites excluding steroid dienone is 2. The van der Waals surface area contributed by atoms with Crippen LogP contribution >= 0.6 is 22.6 Å². The molecule has 6 heteroatoms. The van der Waals surface area contributed by atoms with Crippen molar-refractivity contribution in [1.82, 2.24) is 0 Å². The van der Waals surface area contributed by atoms with Crippen LogP contribution in [0, 0.1) is 15.4 Å². The average Bonchev–Trinajstić information content (AvgIpc) is 3.30. The second-order valence-electron chi connectivity index (χ2n) is 7.74. The summed E-state index contributed by atoms with van der Waals surface area (Å²) in [4.78, 5) is 10.6. The molecule has 5 atom stereocenters. The first-order valence-electron chi connectivity index (χ1n) is 10.3. The molecule has 1 aromatic rings. The summed E-state index contributed by atoms with van der Waals surface area (Å²) >= 11 is 2.25. The molecule has 0 aliphatic carbocycles. The molecule has 0 spiro atoms. The molecular formula is C23H29IO5. The Kier molecular flexibility index (Phi) is 8.56. The number of carboxylic acids is 1. The lowest BCUT2D eigenvalue weighted by atomic mass is 9.77. The number of aliphatic hydroxyl groups excluding tert-OH is 1. The van der Waals surface area contributed by atoms with Crippen LogP contribution in [0.5, 0.6) is 5.75 Å². The summed E-state index contributed by atoms with van der Waals surface area (Å²) in [6, 6.07) is 7.76. The summed E-state index contributed by atoms with van der Waals surface area (Å²) in [5.41, 5.74) is 0. The predicted molar refractivity (Wildman–Crippen MR) is 120 cm³/mol. The van der Waals surface area contributed by atoms with Crippen LogP contribution in [0.15, 0.2) is 48.6 Å². The zero-order valence-electron chi connectivity index (χ0n) is 16.5. The second kappa shape index (κ2) is 11.1. The van der Waals surface area contributed by atoms with Crippen LogP contribution in [0.2, 0.25) is 0 Å². The minimum absolute atomic E-state index is 0.217. The number of carboxylic acid groups (broad SMARTS) is 1. The van der Waals surface area contributed by atoms with Gasteiger partial charge in [-0.15, -0.1) is 0 Å². The van der Waals surface area contributed by atoms with Crippen molar-refractivity contribution in [2.75, 3.05) is 6.61 Å². The van der Waals surface area contributed by atoms with Crippen LogP contribution in [0.1, 0.15) is 38.5 Å². The van der Waals surface area contributed by atoms with Gasteiger partial charge in [-0.05, 0) is 84.9 Å². The number of hydrogen-bond acceptors (Lipinski definition) is 4. The number of rotatable bonds is 11. The summed E-state index contributed by atoms with van der Waals surface area (Å²) in [7, 11) is 0. The van der Waals surface area contributed by atoms with Crippen molar-refractivity contribution >= 4 is 28.6 Å². The highest BCUT2D eigenvalue weighted by molar-refractivity contribution is 14.1. The minimum Gasteiger partial charge on any atom is -0.491 e. The number of carbonyl (C=O) groups is 1. The van der Waals surface area contributed by atoms with Crippen molar-refractivity contribution in [2.24, 2.45) is 11.8 Å². The molecular weight excluding hydrogens is 483 g/mol. The maximum Gasteiger partial charge on any atom is 0.303 e. The third kappa shape index (κ3) is 6.83. The Morgan fingerprint density at radius 1 is 1.24 bits per heavy atom. The quantitative estimate of drug-likeness (QED) is 0.258. The molecule has 2 fully saturated rings. The Bertz CT molecular complexity index is 714. The molecule has 0 aromatic heterocycles. The molecule has 2 heterocycles.